The highest BCUT2D eigenvalue weighted by Gasteiger charge is 2.06. The van der Waals surface area contributed by atoms with Gasteiger partial charge in [0.15, 0.2) is 0 Å². The zero-order chi connectivity index (χ0) is 13.5. The molecule has 0 aliphatic carbocycles. The predicted octanol–water partition coefficient (Wildman–Crippen LogP) is 3.16. The van der Waals surface area contributed by atoms with Gasteiger partial charge in [0.1, 0.15) is 5.82 Å². The van der Waals surface area contributed by atoms with Crippen molar-refractivity contribution < 1.29 is 4.39 Å². The van der Waals surface area contributed by atoms with E-state index in [9.17, 15) is 4.39 Å². The van der Waals surface area contributed by atoms with Crippen molar-refractivity contribution in [2.75, 3.05) is 26.7 Å². The van der Waals surface area contributed by atoms with Crippen molar-refractivity contribution in [2.45, 2.75) is 20.4 Å². The van der Waals surface area contributed by atoms with Crippen molar-refractivity contribution in [1.82, 2.24) is 10.2 Å². The Morgan fingerprint density at radius 1 is 1.39 bits per heavy atom. The maximum atomic E-state index is 13.5. The number of benzene rings is 1. The number of halogens is 2. The molecule has 102 valence electrons. The van der Waals surface area contributed by atoms with E-state index >= 15 is 0 Å². The third-order valence-electron chi connectivity index (χ3n) is 2.67. The van der Waals surface area contributed by atoms with Crippen molar-refractivity contribution in [1.29, 1.82) is 0 Å². The molecule has 0 fully saturated rings. The van der Waals surface area contributed by atoms with E-state index in [0.29, 0.717) is 23.0 Å². The van der Waals surface area contributed by atoms with E-state index in [0.717, 1.165) is 19.6 Å². The topological polar surface area (TPSA) is 15.3 Å². The second-order valence-corrected chi connectivity index (χ2v) is 5.51. The molecule has 1 aromatic rings. The fourth-order valence-corrected chi connectivity index (χ4v) is 1.89. The molecule has 0 heterocycles. The molecule has 0 bridgehead atoms. The van der Waals surface area contributed by atoms with Gasteiger partial charge in [0.25, 0.3) is 0 Å². The lowest BCUT2D eigenvalue weighted by Crippen LogP contribution is -2.31. The molecule has 0 spiro atoms. The smallest absolute Gasteiger partial charge is 0.127 e. The Labute approximate surface area is 114 Å². The van der Waals surface area contributed by atoms with E-state index in [2.05, 4.69) is 24.1 Å². The molecule has 0 amide bonds. The summed E-state index contributed by atoms with van der Waals surface area (Å²) in [4.78, 5) is 2.09. The molecule has 0 aliphatic heterocycles. The monoisotopic (exact) mass is 272 g/mol. The fraction of sp³-hybridized carbons (Fsp3) is 0.571. The van der Waals surface area contributed by atoms with E-state index in [4.69, 9.17) is 11.6 Å². The van der Waals surface area contributed by atoms with Crippen molar-refractivity contribution in [3.63, 3.8) is 0 Å². The van der Waals surface area contributed by atoms with Crippen LogP contribution in [0.4, 0.5) is 4.39 Å². The van der Waals surface area contributed by atoms with Crippen LogP contribution in [-0.2, 0) is 6.54 Å². The SMILES string of the molecule is CC(C)CNCCN(C)Cc1cc(Cl)ccc1F. The van der Waals surface area contributed by atoms with Crippen LogP contribution in [0.1, 0.15) is 19.4 Å². The van der Waals surface area contributed by atoms with Gasteiger partial charge in [-0.25, -0.2) is 4.39 Å². The lowest BCUT2D eigenvalue weighted by atomic mass is 10.2. The molecule has 0 aliphatic rings. The van der Waals surface area contributed by atoms with E-state index < -0.39 is 0 Å². The molecule has 1 rings (SSSR count). The van der Waals surface area contributed by atoms with Crippen LogP contribution < -0.4 is 5.32 Å². The summed E-state index contributed by atoms with van der Waals surface area (Å²) < 4.78 is 13.5. The van der Waals surface area contributed by atoms with E-state index in [1.54, 1.807) is 12.1 Å². The highest BCUT2D eigenvalue weighted by Crippen LogP contribution is 2.15. The van der Waals surface area contributed by atoms with Gasteiger partial charge in [0.2, 0.25) is 0 Å². The lowest BCUT2D eigenvalue weighted by molar-refractivity contribution is 0.316. The average Bonchev–Trinajstić information content (AvgIpc) is 2.29. The van der Waals surface area contributed by atoms with Crippen LogP contribution in [0, 0.1) is 11.7 Å². The maximum Gasteiger partial charge on any atom is 0.127 e. The molecule has 4 heteroatoms. The van der Waals surface area contributed by atoms with Crippen molar-refractivity contribution in [3.8, 4) is 0 Å². The van der Waals surface area contributed by atoms with Gasteiger partial charge in [-0.05, 0) is 37.7 Å². The Hall–Kier alpha value is -0.640. The fourth-order valence-electron chi connectivity index (χ4n) is 1.69. The van der Waals surface area contributed by atoms with E-state index in [-0.39, 0.29) is 5.82 Å². The molecule has 0 saturated heterocycles. The molecule has 18 heavy (non-hydrogen) atoms. The van der Waals surface area contributed by atoms with E-state index in [1.165, 1.54) is 6.07 Å². The molecule has 1 N–H and O–H groups in total. The van der Waals surface area contributed by atoms with Gasteiger partial charge in [-0.1, -0.05) is 25.4 Å². The van der Waals surface area contributed by atoms with Gasteiger partial charge >= 0.3 is 0 Å². The van der Waals surface area contributed by atoms with Crippen molar-refractivity contribution in [3.05, 3.63) is 34.6 Å². The Morgan fingerprint density at radius 3 is 2.78 bits per heavy atom. The molecule has 0 atom stereocenters. The number of likely N-dealkylation sites (N-methyl/N-ethyl adjacent to an activating group) is 1. The van der Waals surface area contributed by atoms with Gasteiger partial charge in [0, 0.05) is 30.2 Å². The highest BCUT2D eigenvalue weighted by molar-refractivity contribution is 6.30. The maximum absolute atomic E-state index is 13.5. The normalized spacial score (nSPS) is 11.5. The third kappa shape index (κ3) is 5.80. The summed E-state index contributed by atoms with van der Waals surface area (Å²) in [5.74, 6) is 0.460. The second-order valence-electron chi connectivity index (χ2n) is 5.07. The minimum absolute atomic E-state index is 0.193. The molecule has 0 saturated carbocycles. The molecule has 0 aromatic heterocycles. The average molecular weight is 273 g/mol. The first-order valence-electron chi connectivity index (χ1n) is 6.32. The number of nitrogens with one attached hydrogen (secondary N) is 1. The van der Waals surface area contributed by atoms with Crippen LogP contribution in [0.3, 0.4) is 0 Å². The van der Waals surface area contributed by atoms with Crippen molar-refractivity contribution in [2.24, 2.45) is 5.92 Å². The Morgan fingerprint density at radius 2 is 2.11 bits per heavy atom. The highest BCUT2D eigenvalue weighted by atomic mass is 35.5. The van der Waals surface area contributed by atoms with Gasteiger partial charge < -0.3 is 10.2 Å². The lowest BCUT2D eigenvalue weighted by Gasteiger charge is -2.18. The first-order valence-corrected chi connectivity index (χ1v) is 6.70. The summed E-state index contributed by atoms with van der Waals surface area (Å²) in [7, 11) is 1.98. The second kappa shape index (κ2) is 7.72. The molecule has 0 unspecified atom stereocenters. The van der Waals surface area contributed by atoms with Gasteiger partial charge in [-0.15, -0.1) is 0 Å². The van der Waals surface area contributed by atoms with E-state index in [1.807, 2.05) is 7.05 Å². The standard InChI is InChI=1S/C14H22ClFN2/c1-11(2)9-17-6-7-18(3)10-12-8-13(15)4-5-14(12)16/h4-5,8,11,17H,6-7,9-10H2,1-3H3. The zero-order valence-corrected chi connectivity index (χ0v) is 12.1. The molecular weight excluding hydrogens is 251 g/mol. The van der Waals surface area contributed by atoms with Gasteiger partial charge in [0.05, 0.1) is 0 Å². The number of hydrogen-bond acceptors (Lipinski definition) is 2. The summed E-state index contributed by atoms with van der Waals surface area (Å²) in [5, 5.41) is 3.95. The Kier molecular flexibility index (Phi) is 6.61. The van der Waals surface area contributed by atoms with Crippen LogP contribution in [-0.4, -0.2) is 31.6 Å². The largest absolute Gasteiger partial charge is 0.315 e. The van der Waals surface area contributed by atoms with Crippen LogP contribution >= 0.6 is 11.6 Å². The number of rotatable bonds is 7. The van der Waals surface area contributed by atoms with Gasteiger partial charge in [-0.3, -0.25) is 0 Å². The first kappa shape index (κ1) is 15.4. The molecule has 2 nitrogen and oxygen atoms in total. The summed E-state index contributed by atoms with van der Waals surface area (Å²) in [6.07, 6.45) is 0. The Bertz CT molecular complexity index is 369. The van der Waals surface area contributed by atoms with Gasteiger partial charge in [-0.2, -0.15) is 0 Å². The number of nitrogens with zero attached hydrogens (tertiary/aromatic N) is 1. The Balaban J connectivity index is 2.35. The summed E-state index contributed by atoms with van der Waals surface area (Å²) >= 11 is 5.86. The minimum atomic E-state index is -0.193. The zero-order valence-electron chi connectivity index (χ0n) is 11.3. The summed E-state index contributed by atoms with van der Waals surface area (Å²) in [6.45, 7) is 7.75. The van der Waals surface area contributed by atoms with Crippen molar-refractivity contribution >= 4 is 11.6 Å². The molecule has 0 radical (unpaired) electrons. The predicted molar refractivity (Wildman–Crippen MR) is 75.5 cm³/mol. The molecule has 1 aromatic carbocycles. The molecular formula is C14H22ClFN2. The summed E-state index contributed by atoms with van der Waals surface area (Å²) in [5.41, 5.74) is 0.647. The quantitative estimate of drug-likeness (QED) is 0.767. The van der Waals surface area contributed by atoms with Crippen LogP contribution in [0.2, 0.25) is 5.02 Å². The van der Waals surface area contributed by atoms with Crippen LogP contribution in [0.15, 0.2) is 18.2 Å². The third-order valence-corrected chi connectivity index (χ3v) is 2.91. The first-order chi connectivity index (χ1) is 8.49. The van der Waals surface area contributed by atoms with Crippen LogP contribution in [0.5, 0.6) is 0 Å². The van der Waals surface area contributed by atoms with Crippen LogP contribution in [0.25, 0.3) is 0 Å². The minimum Gasteiger partial charge on any atom is -0.315 e. The number of hydrogen-bond donors (Lipinski definition) is 1. The summed E-state index contributed by atoms with van der Waals surface area (Å²) in [6, 6.07) is 4.68.